The Morgan fingerprint density at radius 2 is 2.00 bits per heavy atom. The molecule has 1 saturated heterocycles. The molecule has 1 N–H and O–H groups in total. The number of nitrogens with one attached hydrogen (secondary N) is 1. The molecular weight excluding hydrogens is 463 g/mol. The van der Waals surface area contributed by atoms with Crippen molar-refractivity contribution in [1.82, 2.24) is 14.5 Å². The van der Waals surface area contributed by atoms with E-state index >= 15 is 0 Å². The number of carbonyl (C=O) groups is 1. The van der Waals surface area contributed by atoms with E-state index in [1.54, 1.807) is 24.3 Å². The summed E-state index contributed by atoms with van der Waals surface area (Å²) >= 11 is 7.05. The minimum absolute atomic E-state index is 0.154. The molecule has 0 aliphatic carbocycles. The van der Waals surface area contributed by atoms with Gasteiger partial charge in [0.2, 0.25) is 15.0 Å². The van der Waals surface area contributed by atoms with Gasteiger partial charge in [-0.05, 0) is 43.2 Å². The number of sulfonamides is 1. The second kappa shape index (κ2) is 8.99. The van der Waals surface area contributed by atoms with Crippen LogP contribution in [0.1, 0.15) is 33.6 Å². The highest BCUT2D eigenvalue weighted by Gasteiger charge is 2.34. The quantitative estimate of drug-likeness (QED) is 0.592. The number of nitrogens with zero attached hydrogens (tertiary/aromatic N) is 3. The third kappa shape index (κ3) is 4.77. The molecule has 162 valence electrons. The first-order valence-electron chi connectivity index (χ1n) is 9.49. The molecule has 1 aliphatic heterocycles. The minimum Gasteiger partial charge on any atom is -0.320 e. The molecule has 0 unspecified atom stereocenters. The fraction of sp³-hybridized carbons (Fsp3) is 0.250. The number of aromatic nitrogens is 2. The highest BCUT2D eigenvalue weighted by molar-refractivity contribution is 7.89. The second-order valence-electron chi connectivity index (χ2n) is 7.04. The molecule has 1 aromatic heterocycles. The summed E-state index contributed by atoms with van der Waals surface area (Å²) in [6.45, 7) is 0.454. The minimum atomic E-state index is -3.96. The number of hydrogen-bond donors (Lipinski definition) is 1. The van der Waals surface area contributed by atoms with Crippen molar-refractivity contribution in [1.29, 1.82) is 0 Å². The molecule has 3 aromatic rings. The molecule has 1 fully saturated rings. The van der Waals surface area contributed by atoms with Crippen LogP contribution in [0.5, 0.6) is 0 Å². The number of halogens is 2. The Morgan fingerprint density at radius 1 is 1.19 bits per heavy atom. The molecule has 0 saturated carbocycles. The average Bonchev–Trinajstić information content (AvgIpc) is 3.25. The molecule has 1 aliphatic rings. The van der Waals surface area contributed by atoms with Gasteiger partial charge in [0, 0.05) is 29.7 Å². The van der Waals surface area contributed by atoms with Crippen molar-refractivity contribution in [2.45, 2.75) is 23.7 Å². The smallest absolute Gasteiger partial charge is 0.286 e. The topological polar surface area (TPSA) is 92.3 Å². The number of hydrogen-bond acceptors (Lipinski definition) is 6. The zero-order chi connectivity index (χ0) is 22.0. The van der Waals surface area contributed by atoms with E-state index in [2.05, 4.69) is 15.5 Å². The number of anilines is 1. The van der Waals surface area contributed by atoms with Gasteiger partial charge in [-0.15, -0.1) is 10.2 Å². The fourth-order valence-corrected chi connectivity index (χ4v) is 6.04. The monoisotopic (exact) mass is 480 g/mol. The van der Waals surface area contributed by atoms with Crippen LogP contribution in [0.15, 0.2) is 53.4 Å². The van der Waals surface area contributed by atoms with E-state index in [0.29, 0.717) is 35.1 Å². The van der Waals surface area contributed by atoms with Gasteiger partial charge in [-0.25, -0.2) is 12.8 Å². The highest BCUT2D eigenvalue weighted by Crippen LogP contribution is 2.32. The molecule has 1 atom stereocenters. The van der Waals surface area contributed by atoms with E-state index in [0.717, 1.165) is 17.4 Å². The van der Waals surface area contributed by atoms with Crippen LogP contribution >= 0.6 is 22.9 Å². The maximum absolute atomic E-state index is 14.1. The first kappa shape index (κ1) is 21.8. The van der Waals surface area contributed by atoms with Crippen molar-refractivity contribution in [3.05, 3.63) is 69.4 Å². The summed E-state index contributed by atoms with van der Waals surface area (Å²) in [6.07, 6.45) is 1.30. The molecule has 4 rings (SSSR count). The number of benzene rings is 2. The fourth-order valence-electron chi connectivity index (χ4n) is 3.40. The Balaban J connectivity index is 1.49. The normalized spacial score (nSPS) is 17.4. The lowest BCUT2D eigenvalue weighted by atomic mass is 10.0. The number of piperidine rings is 1. The molecule has 1 amide bonds. The van der Waals surface area contributed by atoms with Gasteiger partial charge >= 0.3 is 0 Å². The lowest BCUT2D eigenvalue weighted by Gasteiger charge is -2.30. The van der Waals surface area contributed by atoms with Crippen LogP contribution in [0, 0.1) is 5.82 Å². The first-order chi connectivity index (χ1) is 14.8. The number of carbonyl (C=O) groups excluding carboxylic acids is 1. The van der Waals surface area contributed by atoms with Crippen LogP contribution in [0.2, 0.25) is 5.02 Å². The molecule has 2 heterocycles. The van der Waals surface area contributed by atoms with Gasteiger partial charge < -0.3 is 5.32 Å². The molecular formula is C20H18ClFN4O3S2. The zero-order valence-electron chi connectivity index (χ0n) is 16.2. The van der Waals surface area contributed by atoms with Crippen molar-refractivity contribution < 1.29 is 17.6 Å². The van der Waals surface area contributed by atoms with E-state index < -0.39 is 21.7 Å². The summed E-state index contributed by atoms with van der Waals surface area (Å²) < 4.78 is 41.2. The highest BCUT2D eigenvalue weighted by atomic mass is 35.5. The Kier molecular flexibility index (Phi) is 6.33. The second-order valence-corrected chi connectivity index (χ2v) is 10.4. The van der Waals surface area contributed by atoms with E-state index in [9.17, 15) is 17.6 Å². The van der Waals surface area contributed by atoms with Crippen LogP contribution < -0.4 is 5.32 Å². The van der Waals surface area contributed by atoms with Gasteiger partial charge in [0.1, 0.15) is 15.7 Å². The number of amides is 1. The Morgan fingerprint density at radius 3 is 2.77 bits per heavy atom. The summed E-state index contributed by atoms with van der Waals surface area (Å²) in [5.41, 5.74) is 0.536. The van der Waals surface area contributed by atoms with Gasteiger partial charge in [0.25, 0.3) is 5.91 Å². The maximum atomic E-state index is 14.1. The van der Waals surface area contributed by atoms with Gasteiger partial charge in [-0.2, -0.15) is 4.31 Å². The molecule has 2 aromatic carbocycles. The molecule has 11 heteroatoms. The van der Waals surface area contributed by atoms with Crippen LogP contribution in [-0.2, 0) is 10.0 Å². The lowest BCUT2D eigenvalue weighted by molar-refractivity contribution is 0.102. The predicted molar refractivity (Wildman–Crippen MR) is 116 cm³/mol. The number of rotatable bonds is 5. The van der Waals surface area contributed by atoms with Gasteiger partial charge in [0.05, 0.1) is 0 Å². The lowest BCUT2D eigenvalue weighted by Crippen LogP contribution is -2.39. The van der Waals surface area contributed by atoms with Crippen LogP contribution in [0.4, 0.5) is 10.1 Å². The van der Waals surface area contributed by atoms with Crippen molar-refractivity contribution >= 4 is 44.6 Å². The Labute approximate surface area is 187 Å². The standard InChI is InChI=1S/C20H18ClFN4O3S2/c21-14-6-3-7-15(11-14)23-18(27)20-25-24-19(30-20)13-5-4-10-26(12-13)31(28,29)17-9-2-1-8-16(17)22/h1-3,6-9,11,13H,4-5,10,12H2,(H,23,27)/t13-/m0/s1. The Hall–Kier alpha value is -2.40. The summed E-state index contributed by atoms with van der Waals surface area (Å²) in [7, 11) is -3.96. The van der Waals surface area contributed by atoms with E-state index in [1.165, 1.54) is 22.5 Å². The Bertz CT molecular complexity index is 1220. The van der Waals surface area contributed by atoms with Crippen LogP contribution in [-0.4, -0.2) is 41.9 Å². The predicted octanol–water partition coefficient (Wildman–Crippen LogP) is 4.15. The van der Waals surface area contributed by atoms with Crippen LogP contribution in [0.25, 0.3) is 0 Å². The molecule has 0 bridgehead atoms. The third-order valence-electron chi connectivity index (χ3n) is 4.91. The molecule has 7 nitrogen and oxygen atoms in total. The maximum Gasteiger partial charge on any atom is 0.286 e. The largest absolute Gasteiger partial charge is 0.320 e. The first-order valence-corrected chi connectivity index (χ1v) is 12.1. The van der Waals surface area contributed by atoms with Crippen molar-refractivity contribution in [3.63, 3.8) is 0 Å². The summed E-state index contributed by atoms with van der Waals surface area (Å²) in [5.74, 6) is -1.42. The SMILES string of the molecule is O=C(Nc1cccc(Cl)c1)c1nnc([C@H]2CCCN(S(=O)(=O)c3ccccc3F)C2)s1. The summed E-state index contributed by atoms with van der Waals surface area (Å²) in [5, 5.41) is 12.0. The average molecular weight is 481 g/mol. The summed E-state index contributed by atoms with van der Waals surface area (Å²) in [6, 6.07) is 12.1. The van der Waals surface area contributed by atoms with Crippen molar-refractivity contribution in [2.75, 3.05) is 18.4 Å². The van der Waals surface area contributed by atoms with E-state index in [-0.39, 0.29) is 22.4 Å². The van der Waals surface area contributed by atoms with Crippen molar-refractivity contribution in [2.24, 2.45) is 0 Å². The summed E-state index contributed by atoms with van der Waals surface area (Å²) in [4.78, 5) is 12.1. The van der Waals surface area contributed by atoms with Gasteiger partial charge in [0.15, 0.2) is 0 Å². The third-order valence-corrected chi connectivity index (χ3v) is 8.12. The molecule has 0 radical (unpaired) electrons. The molecule has 31 heavy (non-hydrogen) atoms. The van der Waals surface area contributed by atoms with Gasteiger partial charge in [-0.3, -0.25) is 4.79 Å². The molecule has 0 spiro atoms. The van der Waals surface area contributed by atoms with Crippen molar-refractivity contribution in [3.8, 4) is 0 Å². The van der Waals surface area contributed by atoms with Gasteiger partial charge in [-0.1, -0.05) is 41.1 Å². The zero-order valence-corrected chi connectivity index (χ0v) is 18.6. The van der Waals surface area contributed by atoms with Crippen LogP contribution in [0.3, 0.4) is 0 Å². The van der Waals surface area contributed by atoms with E-state index in [4.69, 9.17) is 11.6 Å². The van der Waals surface area contributed by atoms with E-state index in [1.807, 2.05) is 0 Å².